The van der Waals surface area contributed by atoms with Crippen LogP contribution in [0.5, 0.6) is 5.75 Å². The highest BCUT2D eigenvalue weighted by atomic mass is 16.5. The molecule has 0 heterocycles. The molecule has 0 aromatic heterocycles. The fourth-order valence-corrected chi connectivity index (χ4v) is 1.49. The lowest BCUT2D eigenvalue weighted by molar-refractivity contribution is -0.152. The van der Waals surface area contributed by atoms with E-state index < -0.39 is 17.8 Å². The van der Waals surface area contributed by atoms with E-state index in [1.807, 2.05) is 0 Å². The van der Waals surface area contributed by atoms with E-state index in [1.165, 1.54) is 19.2 Å². The third-order valence-electron chi connectivity index (χ3n) is 2.36. The molecule has 0 aliphatic carbocycles. The van der Waals surface area contributed by atoms with Gasteiger partial charge in [0.05, 0.1) is 19.4 Å². The number of carbonyl (C=O) groups is 3. The van der Waals surface area contributed by atoms with Crippen LogP contribution in [0.25, 0.3) is 0 Å². The Morgan fingerprint density at radius 2 is 2.00 bits per heavy atom. The smallest absolute Gasteiger partial charge is 0.397 e. The van der Waals surface area contributed by atoms with Gasteiger partial charge in [-0.25, -0.2) is 4.79 Å². The van der Waals surface area contributed by atoms with E-state index in [9.17, 15) is 14.4 Å². The van der Waals surface area contributed by atoms with Crippen molar-refractivity contribution >= 4 is 23.5 Å². The summed E-state index contributed by atoms with van der Waals surface area (Å²) in [5, 5.41) is 2.28. The molecular weight excluding hydrogens is 264 g/mol. The number of amides is 2. The maximum atomic E-state index is 11.6. The molecule has 0 saturated heterocycles. The number of hydrogen-bond acceptors (Lipinski definition) is 5. The number of nitrogens with one attached hydrogen (secondary N) is 1. The van der Waals surface area contributed by atoms with Crippen LogP contribution >= 0.6 is 0 Å². The summed E-state index contributed by atoms with van der Waals surface area (Å²) in [4.78, 5) is 34.4. The van der Waals surface area contributed by atoms with Crippen molar-refractivity contribution in [3.05, 3.63) is 23.8 Å². The number of benzene rings is 1. The minimum absolute atomic E-state index is 0.00774. The van der Waals surface area contributed by atoms with Gasteiger partial charge in [-0.1, -0.05) is 13.0 Å². The number of primary amides is 1. The lowest BCUT2D eigenvalue weighted by Crippen LogP contribution is -2.27. The average molecular weight is 280 g/mol. The molecule has 20 heavy (non-hydrogen) atoms. The Labute approximate surface area is 116 Å². The second-order valence-electron chi connectivity index (χ2n) is 3.84. The standard InChI is InChI=1S/C13H16N2O5/c1-3-7-20-13(18)12(17)15-8-5-4-6-9(19-2)10(8)11(14)16/h4-6H,3,7H2,1-2H3,(H2,14,16)(H,15,17). The number of nitrogens with two attached hydrogens (primary N) is 1. The van der Waals surface area contributed by atoms with E-state index in [0.29, 0.717) is 6.42 Å². The van der Waals surface area contributed by atoms with E-state index in [4.69, 9.17) is 10.5 Å². The zero-order valence-corrected chi connectivity index (χ0v) is 11.3. The van der Waals surface area contributed by atoms with Gasteiger partial charge in [-0.05, 0) is 18.6 Å². The van der Waals surface area contributed by atoms with Gasteiger partial charge in [0.1, 0.15) is 11.3 Å². The highest BCUT2D eigenvalue weighted by Crippen LogP contribution is 2.25. The molecule has 1 rings (SSSR count). The summed E-state index contributed by atoms with van der Waals surface area (Å²) in [5.41, 5.74) is 5.32. The van der Waals surface area contributed by atoms with Gasteiger partial charge >= 0.3 is 11.9 Å². The summed E-state index contributed by atoms with van der Waals surface area (Å²) in [6.07, 6.45) is 0.602. The molecule has 7 nitrogen and oxygen atoms in total. The van der Waals surface area contributed by atoms with Crippen molar-refractivity contribution in [1.82, 2.24) is 0 Å². The number of anilines is 1. The molecule has 7 heteroatoms. The van der Waals surface area contributed by atoms with Crippen LogP contribution in [0.2, 0.25) is 0 Å². The van der Waals surface area contributed by atoms with Gasteiger partial charge in [0.2, 0.25) is 0 Å². The van der Waals surface area contributed by atoms with E-state index in [-0.39, 0.29) is 23.6 Å². The Hall–Kier alpha value is -2.57. The molecule has 1 aromatic rings. The molecule has 0 spiro atoms. The van der Waals surface area contributed by atoms with Crippen molar-refractivity contribution in [1.29, 1.82) is 0 Å². The Morgan fingerprint density at radius 1 is 1.30 bits per heavy atom. The van der Waals surface area contributed by atoms with Crippen molar-refractivity contribution < 1.29 is 23.9 Å². The van der Waals surface area contributed by atoms with Crippen LogP contribution in [0.1, 0.15) is 23.7 Å². The summed E-state index contributed by atoms with van der Waals surface area (Å²) in [7, 11) is 1.36. The molecule has 108 valence electrons. The molecule has 1 aromatic carbocycles. The molecule has 0 saturated carbocycles. The first-order valence-electron chi connectivity index (χ1n) is 5.96. The van der Waals surface area contributed by atoms with Crippen LogP contribution in [0.3, 0.4) is 0 Å². The van der Waals surface area contributed by atoms with Crippen LogP contribution in [0.4, 0.5) is 5.69 Å². The zero-order chi connectivity index (χ0) is 15.1. The van der Waals surface area contributed by atoms with Crippen LogP contribution in [-0.4, -0.2) is 31.5 Å². The fraction of sp³-hybridized carbons (Fsp3) is 0.308. The van der Waals surface area contributed by atoms with Gasteiger partial charge in [0, 0.05) is 0 Å². The van der Waals surface area contributed by atoms with E-state index in [2.05, 4.69) is 10.1 Å². The highest BCUT2D eigenvalue weighted by molar-refractivity contribution is 6.37. The summed E-state index contributed by atoms with van der Waals surface area (Å²) < 4.78 is 9.67. The third-order valence-corrected chi connectivity index (χ3v) is 2.36. The van der Waals surface area contributed by atoms with E-state index >= 15 is 0 Å². The Kier molecular flexibility index (Phi) is 5.52. The summed E-state index contributed by atoms with van der Waals surface area (Å²) in [6.45, 7) is 1.95. The molecule has 0 unspecified atom stereocenters. The first kappa shape index (κ1) is 15.5. The Bertz CT molecular complexity index is 527. The average Bonchev–Trinajstić information content (AvgIpc) is 2.43. The Morgan fingerprint density at radius 3 is 2.55 bits per heavy atom. The first-order chi connectivity index (χ1) is 9.51. The van der Waals surface area contributed by atoms with Crippen molar-refractivity contribution in [2.75, 3.05) is 19.0 Å². The predicted octanol–water partition coefficient (Wildman–Crippen LogP) is 0.686. The molecule has 0 aliphatic heterocycles. The van der Waals surface area contributed by atoms with Crippen LogP contribution in [-0.2, 0) is 14.3 Å². The minimum Gasteiger partial charge on any atom is -0.496 e. The highest BCUT2D eigenvalue weighted by Gasteiger charge is 2.20. The van der Waals surface area contributed by atoms with Crippen LogP contribution < -0.4 is 15.8 Å². The number of ether oxygens (including phenoxy) is 2. The lowest BCUT2D eigenvalue weighted by atomic mass is 10.1. The predicted molar refractivity (Wildman–Crippen MR) is 71.4 cm³/mol. The SMILES string of the molecule is CCCOC(=O)C(=O)Nc1cccc(OC)c1C(N)=O. The van der Waals surface area contributed by atoms with E-state index in [1.54, 1.807) is 13.0 Å². The van der Waals surface area contributed by atoms with Gasteiger partial charge in [-0.15, -0.1) is 0 Å². The van der Waals surface area contributed by atoms with Gasteiger partial charge in [0.25, 0.3) is 5.91 Å². The van der Waals surface area contributed by atoms with E-state index in [0.717, 1.165) is 0 Å². The quantitative estimate of drug-likeness (QED) is 0.609. The number of rotatable bonds is 5. The molecule has 0 radical (unpaired) electrons. The third kappa shape index (κ3) is 3.71. The molecule has 2 amide bonds. The number of hydrogen-bond donors (Lipinski definition) is 2. The normalized spacial score (nSPS) is 9.70. The van der Waals surface area contributed by atoms with Gasteiger partial charge in [-0.2, -0.15) is 0 Å². The Balaban J connectivity index is 2.95. The maximum Gasteiger partial charge on any atom is 0.397 e. The topological polar surface area (TPSA) is 108 Å². The molecule has 0 atom stereocenters. The monoisotopic (exact) mass is 280 g/mol. The van der Waals surface area contributed by atoms with Crippen LogP contribution in [0.15, 0.2) is 18.2 Å². The largest absolute Gasteiger partial charge is 0.496 e. The van der Waals surface area contributed by atoms with Crippen molar-refractivity contribution in [2.24, 2.45) is 5.73 Å². The van der Waals surface area contributed by atoms with Crippen molar-refractivity contribution in [3.8, 4) is 5.75 Å². The van der Waals surface area contributed by atoms with Gasteiger partial charge < -0.3 is 20.5 Å². The molecule has 0 fully saturated rings. The van der Waals surface area contributed by atoms with Crippen molar-refractivity contribution in [3.63, 3.8) is 0 Å². The number of esters is 1. The fourth-order valence-electron chi connectivity index (χ4n) is 1.49. The number of carbonyl (C=O) groups excluding carboxylic acids is 3. The van der Waals surface area contributed by atoms with Gasteiger partial charge in [0.15, 0.2) is 0 Å². The minimum atomic E-state index is -1.02. The molecule has 3 N–H and O–H groups in total. The number of methoxy groups -OCH3 is 1. The van der Waals surface area contributed by atoms with Crippen LogP contribution in [0, 0.1) is 0 Å². The van der Waals surface area contributed by atoms with Crippen molar-refractivity contribution in [2.45, 2.75) is 13.3 Å². The summed E-state index contributed by atoms with van der Waals surface area (Å²) in [5.74, 6) is -2.57. The molecular formula is C13H16N2O5. The van der Waals surface area contributed by atoms with Gasteiger partial charge in [-0.3, -0.25) is 9.59 Å². The lowest BCUT2D eigenvalue weighted by Gasteiger charge is -2.11. The molecule has 0 bridgehead atoms. The molecule has 0 aliphatic rings. The summed E-state index contributed by atoms with van der Waals surface area (Å²) >= 11 is 0. The zero-order valence-electron chi connectivity index (χ0n) is 11.3. The maximum absolute atomic E-state index is 11.6. The second-order valence-corrected chi connectivity index (χ2v) is 3.84. The second kappa shape index (κ2) is 7.13. The summed E-state index contributed by atoms with van der Waals surface area (Å²) in [6, 6.07) is 4.51. The first-order valence-corrected chi connectivity index (χ1v) is 5.96.